The van der Waals surface area contributed by atoms with Crippen LogP contribution >= 0.6 is 34.2 Å². The second kappa shape index (κ2) is 8.03. The summed E-state index contributed by atoms with van der Waals surface area (Å²) in [6, 6.07) is 9.87. The van der Waals surface area contributed by atoms with Gasteiger partial charge in [-0.3, -0.25) is 0 Å². The van der Waals surface area contributed by atoms with Crippen molar-refractivity contribution < 1.29 is 9.47 Å². The summed E-state index contributed by atoms with van der Waals surface area (Å²) in [7, 11) is 1.63. The summed E-state index contributed by atoms with van der Waals surface area (Å²) < 4.78 is 11.8. The van der Waals surface area contributed by atoms with Gasteiger partial charge >= 0.3 is 0 Å². The number of ether oxygens (including phenoxy) is 2. The van der Waals surface area contributed by atoms with Gasteiger partial charge in [-0.25, -0.2) is 9.97 Å². The zero-order chi connectivity index (χ0) is 15.2. The molecule has 1 aromatic heterocycles. The Morgan fingerprint density at radius 3 is 2.57 bits per heavy atom. The molecule has 1 aromatic carbocycles. The van der Waals surface area contributed by atoms with Crippen LogP contribution < -0.4 is 0 Å². The number of hydrogen-bond donors (Lipinski definition) is 0. The highest BCUT2D eigenvalue weighted by molar-refractivity contribution is 14.1. The number of halogens is 2. The molecule has 2 rings (SSSR count). The summed E-state index contributed by atoms with van der Waals surface area (Å²) in [6.07, 6.45) is -0.332. The SMILES string of the molecule is CCOC(c1ccccc1)c1nc(Cl)c(I)c(COC)n1. The van der Waals surface area contributed by atoms with Crippen LogP contribution in [0.3, 0.4) is 0 Å². The Kier molecular flexibility index (Phi) is 6.35. The predicted molar refractivity (Wildman–Crippen MR) is 90.4 cm³/mol. The maximum atomic E-state index is 6.22. The fourth-order valence-corrected chi connectivity index (χ4v) is 2.54. The van der Waals surface area contributed by atoms with Gasteiger partial charge < -0.3 is 9.47 Å². The topological polar surface area (TPSA) is 44.2 Å². The Morgan fingerprint density at radius 1 is 1.24 bits per heavy atom. The largest absolute Gasteiger partial charge is 0.378 e. The van der Waals surface area contributed by atoms with E-state index in [2.05, 4.69) is 32.6 Å². The maximum absolute atomic E-state index is 6.22. The monoisotopic (exact) mass is 418 g/mol. The van der Waals surface area contributed by atoms with Crippen molar-refractivity contribution in [1.82, 2.24) is 9.97 Å². The summed E-state index contributed by atoms with van der Waals surface area (Å²) in [4.78, 5) is 8.94. The molecule has 0 amide bonds. The smallest absolute Gasteiger partial charge is 0.163 e. The van der Waals surface area contributed by atoms with Gasteiger partial charge in [-0.2, -0.15) is 0 Å². The molecule has 0 bridgehead atoms. The lowest BCUT2D eigenvalue weighted by atomic mass is 10.1. The molecule has 1 atom stereocenters. The summed E-state index contributed by atoms with van der Waals surface area (Å²) in [5, 5.41) is 0.424. The number of rotatable bonds is 6. The van der Waals surface area contributed by atoms with Crippen molar-refractivity contribution in [2.24, 2.45) is 0 Å². The van der Waals surface area contributed by atoms with Gasteiger partial charge in [0.1, 0.15) is 11.3 Å². The van der Waals surface area contributed by atoms with Crippen LogP contribution in [0, 0.1) is 3.57 Å². The Hall–Kier alpha value is -0.760. The molecule has 0 saturated carbocycles. The fraction of sp³-hybridized carbons (Fsp3) is 0.333. The third-order valence-corrected chi connectivity index (χ3v) is 4.57. The second-order valence-electron chi connectivity index (χ2n) is 4.31. The van der Waals surface area contributed by atoms with E-state index in [1.165, 1.54) is 0 Å². The standard InChI is InChI=1S/C15H16ClIN2O2/c1-3-21-13(10-7-5-4-6-8-10)15-18-11(9-20-2)12(17)14(16)19-15/h4-8,13H,3,9H2,1-2H3. The molecule has 4 nitrogen and oxygen atoms in total. The molecule has 0 aliphatic carbocycles. The van der Waals surface area contributed by atoms with Gasteiger partial charge in [0.25, 0.3) is 0 Å². The molecule has 0 spiro atoms. The first-order valence-electron chi connectivity index (χ1n) is 6.54. The average molecular weight is 419 g/mol. The molecule has 1 heterocycles. The van der Waals surface area contributed by atoms with Gasteiger partial charge in [0.2, 0.25) is 0 Å². The lowest BCUT2D eigenvalue weighted by molar-refractivity contribution is 0.0843. The highest BCUT2D eigenvalue weighted by Gasteiger charge is 2.20. The lowest BCUT2D eigenvalue weighted by Crippen LogP contribution is -2.13. The summed E-state index contributed by atoms with van der Waals surface area (Å²) >= 11 is 8.34. The van der Waals surface area contributed by atoms with Crippen LogP contribution in [-0.2, 0) is 16.1 Å². The van der Waals surface area contributed by atoms with E-state index >= 15 is 0 Å². The molecule has 112 valence electrons. The molecule has 1 unspecified atom stereocenters. The van der Waals surface area contributed by atoms with E-state index in [9.17, 15) is 0 Å². The highest BCUT2D eigenvalue weighted by atomic mass is 127. The molecule has 0 radical (unpaired) electrons. The summed E-state index contributed by atoms with van der Waals surface area (Å²) in [5.41, 5.74) is 1.77. The van der Waals surface area contributed by atoms with E-state index in [4.69, 9.17) is 21.1 Å². The lowest BCUT2D eigenvalue weighted by Gasteiger charge is -2.17. The summed E-state index contributed by atoms with van der Waals surface area (Å²) in [6.45, 7) is 2.90. The van der Waals surface area contributed by atoms with E-state index in [0.29, 0.717) is 24.2 Å². The van der Waals surface area contributed by atoms with Gasteiger partial charge in [0, 0.05) is 13.7 Å². The molecular weight excluding hydrogens is 403 g/mol. The van der Waals surface area contributed by atoms with Crippen molar-refractivity contribution in [2.45, 2.75) is 19.6 Å². The Bertz CT molecular complexity index is 596. The molecule has 0 N–H and O–H groups in total. The van der Waals surface area contributed by atoms with Gasteiger partial charge in [-0.05, 0) is 35.1 Å². The first-order chi connectivity index (χ1) is 10.2. The van der Waals surface area contributed by atoms with E-state index < -0.39 is 0 Å². The molecule has 6 heteroatoms. The van der Waals surface area contributed by atoms with Crippen molar-refractivity contribution >= 4 is 34.2 Å². The molecular formula is C15H16ClIN2O2. The fourth-order valence-electron chi connectivity index (χ4n) is 1.95. The van der Waals surface area contributed by atoms with E-state index in [0.717, 1.165) is 14.8 Å². The van der Waals surface area contributed by atoms with Crippen molar-refractivity contribution in [3.63, 3.8) is 0 Å². The van der Waals surface area contributed by atoms with Crippen LogP contribution in [0.25, 0.3) is 0 Å². The van der Waals surface area contributed by atoms with Crippen LogP contribution in [0.2, 0.25) is 5.15 Å². The van der Waals surface area contributed by atoms with Crippen LogP contribution in [0.5, 0.6) is 0 Å². The van der Waals surface area contributed by atoms with Crippen molar-refractivity contribution in [2.75, 3.05) is 13.7 Å². The highest BCUT2D eigenvalue weighted by Crippen LogP contribution is 2.27. The molecule has 21 heavy (non-hydrogen) atoms. The summed E-state index contributed by atoms with van der Waals surface area (Å²) in [5.74, 6) is 0.556. The first-order valence-corrected chi connectivity index (χ1v) is 8.00. The molecule has 0 aliphatic heterocycles. The minimum absolute atomic E-state index is 0.332. The third-order valence-electron chi connectivity index (χ3n) is 2.85. The Balaban J connectivity index is 2.45. The van der Waals surface area contributed by atoms with E-state index in [-0.39, 0.29) is 6.10 Å². The molecule has 2 aromatic rings. The van der Waals surface area contributed by atoms with Gasteiger partial charge in [0.15, 0.2) is 5.82 Å². The van der Waals surface area contributed by atoms with Crippen LogP contribution in [0.4, 0.5) is 0 Å². The number of methoxy groups -OCH3 is 1. The Morgan fingerprint density at radius 2 is 1.95 bits per heavy atom. The molecule has 0 fully saturated rings. The minimum atomic E-state index is -0.332. The maximum Gasteiger partial charge on any atom is 0.163 e. The number of nitrogens with zero attached hydrogens (tertiary/aromatic N) is 2. The predicted octanol–water partition coefficient (Wildman–Crippen LogP) is 4.01. The van der Waals surface area contributed by atoms with Crippen LogP contribution in [0.15, 0.2) is 30.3 Å². The van der Waals surface area contributed by atoms with Crippen LogP contribution in [-0.4, -0.2) is 23.7 Å². The average Bonchev–Trinajstić information content (AvgIpc) is 2.50. The quantitative estimate of drug-likeness (QED) is 0.525. The molecule has 0 saturated heterocycles. The zero-order valence-corrected chi connectivity index (χ0v) is 14.8. The van der Waals surface area contributed by atoms with Crippen molar-refractivity contribution in [1.29, 1.82) is 0 Å². The Labute approximate surface area is 143 Å². The zero-order valence-electron chi connectivity index (χ0n) is 11.8. The number of aromatic nitrogens is 2. The number of hydrogen-bond acceptors (Lipinski definition) is 4. The van der Waals surface area contributed by atoms with E-state index in [1.54, 1.807) is 7.11 Å². The van der Waals surface area contributed by atoms with Crippen molar-refractivity contribution in [3.05, 3.63) is 56.1 Å². The normalized spacial score (nSPS) is 12.4. The van der Waals surface area contributed by atoms with E-state index in [1.807, 2.05) is 37.3 Å². The molecule has 0 aliphatic rings. The van der Waals surface area contributed by atoms with Gasteiger partial charge in [-0.15, -0.1) is 0 Å². The van der Waals surface area contributed by atoms with Crippen molar-refractivity contribution in [3.8, 4) is 0 Å². The van der Waals surface area contributed by atoms with Gasteiger partial charge in [-0.1, -0.05) is 41.9 Å². The van der Waals surface area contributed by atoms with Gasteiger partial charge in [0.05, 0.1) is 15.9 Å². The second-order valence-corrected chi connectivity index (χ2v) is 5.75. The first kappa shape index (κ1) is 16.6. The van der Waals surface area contributed by atoms with Crippen LogP contribution in [0.1, 0.15) is 30.1 Å². The third kappa shape index (κ3) is 4.12. The number of benzene rings is 1. The minimum Gasteiger partial charge on any atom is -0.378 e.